The van der Waals surface area contributed by atoms with Gasteiger partial charge >= 0.3 is 5.69 Å². The lowest BCUT2D eigenvalue weighted by Gasteiger charge is -2.13. The van der Waals surface area contributed by atoms with Gasteiger partial charge in [-0.2, -0.15) is 0 Å². The molecule has 0 aliphatic rings. The van der Waals surface area contributed by atoms with Gasteiger partial charge in [0.1, 0.15) is 0 Å². The van der Waals surface area contributed by atoms with Crippen molar-refractivity contribution in [3.05, 3.63) is 93.7 Å². The summed E-state index contributed by atoms with van der Waals surface area (Å²) in [5, 5.41) is 14.3. The molecule has 0 saturated heterocycles. The van der Waals surface area contributed by atoms with Gasteiger partial charge in [0.05, 0.1) is 33.4 Å². The largest absolute Gasteiger partial charge is 0.493 e. The molecule has 0 aromatic heterocycles. The lowest BCUT2D eigenvalue weighted by Crippen LogP contribution is -2.00. The molecule has 3 rings (SSSR count). The lowest BCUT2D eigenvalue weighted by molar-refractivity contribution is -0.385. The van der Waals surface area contributed by atoms with Gasteiger partial charge in [-0.1, -0.05) is 30.4 Å². The second kappa shape index (κ2) is 12.1. The number of benzene rings is 3. The first kappa shape index (κ1) is 25.8. The van der Waals surface area contributed by atoms with Gasteiger partial charge in [-0.25, -0.2) is 0 Å². The standard InChI is InChI=1S/C27H26N2O7/c1-33-24-12-11-20(17-22(24)29(31)32)23(30)13-14-28-21-8-6-5-7-19(21)10-9-18-15-25(34-2)27(36-4)26(16-18)35-3/h5-17,28H,1-4H3/b10-9-,14-13-. The molecule has 186 valence electrons. The summed E-state index contributed by atoms with van der Waals surface area (Å²) in [4.78, 5) is 23.2. The van der Waals surface area contributed by atoms with Crippen molar-refractivity contribution in [1.29, 1.82) is 0 Å². The van der Waals surface area contributed by atoms with Crippen molar-refractivity contribution in [1.82, 2.24) is 0 Å². The van der Waals surface area contributed by atoms with Crippen molar-refractivity contribution in [2.24, 2.45) is 0 Å². The normalized spacial score (nSPS) is 10.9. The first-order chi connectivity index (χ1) is 17.4. The fraction of sp³-hybridized carbons (Fsp3) is 0.148. The van der Waals surface area contributed by atoms with E-state index in [9.17, 15) is 14.9 Å². The van der Waals surface area contributed by atoms with E-state index in [-0.39, 0.29) is 17.0 Å². The third kappa shape index (κ3) is 6.01. The average molecular weight is 491 g/mol. The highest BCUT2D eigenvalue weighted by Crippen LogP contribution is 2.38. The smallest absolute Gasteiger partial charge is 0.311 e. The van der Waals surface area contributed by atoms with Crippen molar-refractivity contribution in [3.63, 3.8) is 0 Å². The predicted octanol–water partition coefficient (Wildman–Crippen LogP) is 5.61. The first-order valence-electron chi connectivity index (χ1n) is 10.8. The lowest BCUT2D eigenvalue weighted by atomic mass is 10.1. The highest BCUT2D eigenvalue weighted by Gasteiger charge is 2.17. The van der Waals surface area contributed by atoms with Gasteiger partial charge in [0.15, 0.2) is 23.0 Å². The summed E-state index contributed by atoms with van der Waals surface area (Å²) >= 11 is 0. The summed E-state index contributed by atoms with van der Waals surface area (Å²) in [5.41, 5.74) is 2.36. The molecule has 36 heavy (non-hydrogen) atoms. The molecule has 0 bridgehead atoms. The Balaban J connectivity index is 1.79. The number of hydrogen-bond donors (Lipinski definition) is 1. The average Bonchev–Trinajstić information content (AvgIpc) is 2.91. The van der Waals surface area contributed by atoms with Crippen LogP contribution < -0.4 is 24.3 Å². The van der Waals surface area contributed by atoms with Gasteiger partial charge < -0.3 is 24.3 Å². The highest BCUT2D eigenvalue weighted by molar-refractivity contribution is 6.05. The van der Waals surface area contributed by atoms with Crippen LogP contribution in [0.3, 0.4) is 0 Å². The van der Waals surface area contributed by atoms with Crippen molar-refractivity contribution < 1.29 is 28.7 Å². The van der Waals surface area contributed by atoms with Crippen LogP contribution in [0.25, 0.3) is 12.2 Å². The number of carbonyl (C=O) groups is 1. The number of allylic oxidation sites excluding steroid dienone is 1. The zero-order valence-electron chi connectivity index (χ0n) is 20.3. The Labute approximate surface area is 208 Å². The number of para-hydroxylation sites is 1. The van der Waals surface area contributed by atoms with Crippen molar-refractivity contribution >= 4 is 29.3 Å². The number of nitrogens with zero attached hydrogens (tertiary/aromatic N) is 1. The first-order valence-corrected chi connectivity index (χ1v) is 10.8. The number of anilines is 1. The molecule has 1 N–H and O–H groups in total. The summed E-state index contributed by atoms with van der Waals surface area (Å²) in [6.45, 7) is 0. The minimum atomic E-state index is -0.589. The third-order valence-electron chi connectivity index (χ3n) is 5.24. The van der Waals surface area contributed by atoms with E-state index in [1.165, 1.54) is 37.6 Å². The molecular formula is C27H26N2O7. The Hall–Kier alpha value is -4.79. The van der Waals surface area contributed by atoms with Gasteiger partial charge in [0.2, 0.25) is 5.75 Å². The Kier molecular flexibility index (Phi) is 8.66. The summed E-state index contributed by atoms with van der Waals surface area (Å²) in [6.07, 6.45) is 6.61. The second-order valence-corrected chi connectivity index (χ2v) is 7.36. The maximum atomic E-state index is 12.5. The van der Waals surface area contributed by atoms with E-state index >= 15 is 0 Å². The van der Waals surface area contributed by atoms with E-state index in [0.29, 0.717) is 17.2 Å². The van der Waals surface area contributed by atoms with Crippen molar-refractivity contribution in [2.75, 3.05) is 33.8 Å². The molecule has 0 amide bonds. The summed E-state index contributed by atoms with van der Waals surface area (Å²) < 4.78 is 21.1. The van der Waals surface area contributed by atoms with E-state index in [0.717, 1.165) is 16.8 Å². The van der Waals surface area contributed by atoms with E-state index in [1.807, 2.05) is 48.6 Å². The summed E-state index contributed by atoms with van der Waals surface area (Å²) in [5.74, 6) is 1.30. The minimum Gasteiger partial charge on any atom is -0.493 e. The zero-order chi connectivity index (χ0) is 26.1. The quantitative estimate of drug-likeness (QED) is 0.121. The molecule has 0 radical (unpaired) electrons. The monoisotopic (exact) mass is 490 g/mol. The number of nitro groups is 1. The molecule has 9 nitrogen and oxygen atoms in total. The SMILES string of the molecule is COc1ccc(C(=O)/C=C\Nc2ccccc2/C=C\c2cc(OC)c(OC)c(OC)c2)cc1[N+](=O)[O-]. The van der Waals surface area contributed by atoms with E-state index < -0.39 is 10.7 Å². The predicted molar refractivity (Wildman–Crippen MR) is 138 cm³/mol. The van der Waals surface area contributed by atoms with Crippen LogP contribution >= 0.6 is 0 Å². The van der Waals surface area contributed by atoms with Crippen LogP contribution in [-0.2, 0) is 0 Å². The number of ether oxygens (including phenoxy) is 4. The molecule has 9 heteroatoms. The number of rotatable bonds is 11. The fourth-order valence-electron chi connectivity index (χ4n) is 3.45. The van der Waals surface area contributed by atoms with Crippen LogP contribution in [0.4, 0.5) is 11.4 Å². The molecule has 3 aromatic carbocycles. The van der Waals surface area contributed by atoms with Gasteiger partial charge in [-0.3, -0.25) is 14.9 Å². The molecule has 0 unspecified atom stereocenters. The van der Waals surface area contributed by atoms with Gasteiger partial charge in [-0.15, -0.1) is 0 Å². The van der Waals surface area contributed by atoms with Crippen LogP contribution in [0.5, 0.6) is 23.0 Å². The third-order valence-corrected chi connectivity index (χ3v) is 5.24. The molecule has 0 heterocycles. The second-order valence-electron chi connectivity index (χ2n) is 7.36. The van der Waals surface area contributed by atoms with Crippen molar-refractivity contribution in [2.45, 2.75) is 0 Å². The van der Waals surface area contributed by atoms with Gasteiger partial charge in [-0.05, 0) is 41.5 Å². The molecule has 0 saturated carbocycles. The topological polar surface area (TPSA) is 109 Å². The van der Waals surface area contributed by atoms with E-state index in [1.54, 1.807) is 21.3 Å². The molecule has 0 aliphatic heterocycles. The van der Waals surface area contributed by atoms with Crippen molar-refractivity contribution in [3.8, 4) is 23.0 Å². The minimum absolute atomic E-state index is 0.0893. The number of hydrogen-bond acceptors (Lipinski definition) is 8. The number of nitro benzene ring substituents is 1. The van der Waals surface area contributed by atoms with E-state index in [2.05, 4.69) is 5.32 Å². The molecule has 3 aromatic rings. The number of nitrogens with one attached hydrogen (secondary N) is 1. The Bertz CT molecular complexity index is 1290. The fourth-order valence-corrected chi connectivity index (χ4v) is 3.45. The highest BCUT2D eigenvalue weighted by atomic mass is 16.6. The number of carbonyl (C=O) groups excluding carboxylic acids is 1. The van der Waals surface area contributed by atoms with Gasteiger partial charge in [0.25, 0.3) is 0 Å². The Morgan fingerprint density at radius 2 is 1.53 bits per heavy atom. The molecular weight excluding hydrogens is 464 g/mol. The van der Waals surface area contributed by atoms with Gasteiger partial charge in [0, 0.05) is 29.6 Å². The Morgan fingerprint density at radius 3 is 2.14 bits per heavy atom. The van der Waals surface area contributed by atoms with E-state index in [4.69, 9.17) is 18.9 Å². The van der Waals surface area contributed by atoms with Crippen LogP contribution in [0.2, 0.25) is 0 Å². The summed E-state index contributed by atoms with van der Waals surface area (Å²) in [7, 11) is 6.00. The van der Waals surface area contributed by atoms with Crippen LogP contribution in [-0.4, -0.2) is 39.1 Å². The molecule has 0 fully saturated rings. The molecule has 0 atom stereocenters. The maximum Gasteiger partial charge on any atom is 0.311 e. The maximum absolute atomic E-state index is 12.5. The Morgan fingerprint density at radius 1 is 0.861 bits per heavy atom. The zero-order valence-corrected chi connectivity index (χ0v) is 20.3. The van der Waals surface area contributed by atoms with Crippen LogP contribution in [0.15, 0.2) is 66.9 Å². The number of ketones is 1. The molecule has 0 aliphatic carbocycles. The van der Waals surface area contributed by atoms with Crippen LogP contribution in [0.1, 0.15) is 21.5 Å². The number of methoxy groups -OCH3 is 4. The van der Waals surface area contributed by atoms with Crippen LogP contribution in [0, 0.1) is 10.1 Å². The summed E-state index contributed by atoms with van der Waals surface area (Å²) in [6, 6.07) is 15.3. The molecule has 0 spiro atoms.